The first kappa shape index (κ1) is 53.0. The monoisotopic (exact) mass is 828 g/mol. The molecule has 0 fully saturated rings. The van der Waals surface area contributed by atoms with Crippen LogP contribution in [-0.4, -0.2) is 118 Å². The van der Waals surface area contributed by atoms with E-state index < -0.39 is 107 Å². The Bertz CT molecular complexity index is 1450. The van der Waals surface area contributed by atoms with E-state index in [1.165, 1.54) is 27.7 Å². The summed E-state index contributed by atoms with van der Waals surface area (Å²) in [6.45, 7) is 17.6. The summed E-state index contributed by atoms with van der Waals surface area (Å²) in [6.07, 6.45) is -0.532. The predicted octanol–water partition coefficient (Wildman–Crippen LogP) is 0.409. The second kappa shape index (κ2) is 24.7. The summed E-state index contributed by atoms with van der Waals surface area (Å²) < 4.78 is 5.16. The summed E-state index contributed by atoms with van der Waals surface area (Å²) in [5.74, 6) is -7.55. The molecule has 0 heterocycles. The van der Waals surface area contributed by atoms with Gasteiger partial charge < -0.3 is 57.9 Å². The molecule has 0 saturated carbocycles. The molecule has 20 heteroatoms. The molecule has 58 heavy (non-hydrogen) atoms. The summed E-state index contributed by atoms with van der Waals surface area (Å²) in [4.78, 5) is 116. The molecule has 0 aliphatic rings. The molecule has 0 radical (unpaired) electrons. The van der Waals surface area contributed by atoms with Crippen LogP contribution in [0, 0.1) is 11.8 Å². The maximum Gasteiger partial charge on any atom is 0.408 e. The van der Waals surface area contributed by atoms with Crippen LogP contribution in [0.2, 0.25) is 0 Å². The van der Waals surface area contributed by atoms with Crippen LogP contribution in [0.4, 0.5) is 4.79 Å². The van der Waals surface area contributed by atoms with Gasteiger partial charge >= 0.3 is 18.0 Å². The zero-order chi connectivity index (χ0) is 45.1. The lowest BCUT2D eigenvalue weighted by Gasteiger charge is -2.28. The van der Waals surface area contributed by atoms with Crippen molar-refractivity contribution >= 4 is 53.5 Å². The smallest absolute Gasteiger partial charge is 0.408 e. The first-order valence-electron chi connectivity index (χ1n) is 19.6. The second-order valence-electron chi connectivity index (χ2n) is 16.7. The molecule has 0 saturated heterocycles. The lowest BCUT2D eigenvalue weighted by Crippen LogP contribution is -2.60. The van der Waals surface area contributed by atoms with Crippen LogP contribution in [-0.2, 0) is 43.1 Å². The molecule has 0 bridgehead atoms. The fourth-order valence-corrected chi connectivity index (χ4v) is 5.22. The predicted molar refractivity (Wildman–Crippen MR) is 213 cm³/mol. The Labute approximate surface area is 341 Å². The van der Waals surface area contributed by atoms with Crippen LogP contribution in [0.5, 0.6) is 0 Å². The van der Waals surface area contributed by atoms with Crippen LogP contribution in [0.3, 0.4) is 0 Å². The van der Waals surface area contributed by atoms with E-state index in [4.69, 9.17) is 10.5 Å². The van der Waals surface area contributed by atoms with Crippen LogP contribution in [0.15, 0.2) is 0 Å². The van der Waals surface area contributed by atoms with Crippen molar-refractivity contribution < 1.29 is 58.1 Å². The molecule has 0 aromatic heterocycles. The minimum atomic E-state index is -1.62. The Kier molecular flexibility index (Phi) is 22.6. The third-order valence-corrected chi connectivity index (χ3v) is 8.39. The Balaban J connectivity index is 6.25. The number of nitrogens with two attached hydrogens (primary N) is 1. The van der Waals surface area contributed by atoms with Crippen molar-refractivity contribution in [2.24, 2.45) is 17.6 Å². The Hall–Kier alpha value is -5.01. The van der Waals surface area contributed by atoms with Crippen molar-refractivity contribution in [3.63, 3.8) is 0 Å². The van der Waals surface area contributed by atoms with Gasteiger partial charge in [-0.05, 0) is 105 Å². The number of carbonyl (C=O) groups excluding carboxylic acids is 7. The van der Waals surface area contributed by atoms with E-state index in [2.05, 4.69) is 37.2 Å². The lowest BCUT2D eigenvalue weighted by atomic mass is 9.99. The second-order valence-corrected chi connectivity index (χ2v) is 16.7. The van der Waals surface area contributed by atoms with Crippen LogP contribution in [0.25, 0.3) is 0 Å². The molecule has 0 unspecified atom stereocenters. The van der Waals surface area contributed by atoms with Gasteiger partial charge in [0.2, 0.25) is 35.4 Å². The van der Waals surface area contributed by atoms with Gasteiger partial charge in [-0.1, -0.05) is 27.7 Å². The number of alkyl carbamates (subject to hydrolysis) is 1. The topological polar surface area (TPSA) is 314 Å². The molecule has 7 amide bonds. The number of hydrogen-bond acceptors (Lipinski definition) is 11. The summed E-state index contributed by atoms with van der Waals surface area (Å²) in [5, 5.41) is 36.2. The number of unbranched alkanes of at least 4 members (excludes halogenated alkanes) is 1. The van der Waals surface area contributed by atoms with Gasteiger partial charge in [0.1, 0.15) is 47.4 Å². The molecule has 6 atom stereocenters. The summed E-state index contributed by atoms with van der Waals surface area (Å²) in [6, 6.07) is -7.44. The molecule has 20 nitrogen and oxygen atoms in total. The number of aliphatic carboxylic acids is 2. The van der Waals surface area contributed by atoms with E-state index in [1.807, 2.05) is 0 Å². The van der Waals surface area contributed by atoms with Gasteiger partial charge in [-0.25, -0.2) is 9.59 Å². The third kappa shape index (κ3) is 21.5. The van der Waals surface area contributed by atoms with Gasteiger partial charge in [0.05, 0.1) is 0 Å². The van der Waals surface area contributed by atoms with Gasteiger partial charge in [-0.15, -0.1) is 0 Å². The maximum atomic E-state index is 13.8. The van der Waals surface area contributed by atoms with Gasteiger partial charge in [-0.3, -0.25) is 33.6 Å². The molecule has 0 aliphatic heterocycles. The highest BCUT2D eigenvalue weighted by Crippen LogP contribution is 2.12. The van der Waals surface area contributed by atoms with Crippen LogP contribution < -0.4 is 43.0 Å². The number of ether oxygens (including phenoxy) is 1. The van der Waals surface area contributed by atoms with Crippen LogP contribution >= 0.6 is 0 Å². The molecule has 0 aliphatic carbocycles. The highest BCUT2D eigenvalue weighted by molar-refractivity contribution is 5.97. The maximum absolute atomic E-state index is 13.8. The van der Waals surface area contributed by atoms with Gasteiger partial charge in [-0.2, -0.15) is 0 Å². The van der Waals surface area contributed by atoms with E-state index in [9.17, 15) is 53.4 Å². The molecule has 0 aromatic carbocycles. The van der Waals surface area contributed by atoms with Gasteiger partial charge in [0, 0.05) is 6.42 Å². The molecular weight excluding hydrogens is 760 g/mol. The Morgan fingerprint density at radius 1 is 0.552 bits per heavy atom. The molecular formula is C38H68N8O12. The first-order chi connectivity index (χ1) is 26.6. The number of carboxylic acid groups (broad SMARTS) is 2. The fraction of sp³-hybridized carbons (Fsp3) is 0.763. The SMILES string of the molecule is CC(C)C[C@H](NC(=O)[C@H](CCC(=O)O)NC(=O)[C@H](C)NC(=O)OC(C)(C)C)C(=O)N[C@@H](CC(C)C)C(=O)N[C@@H](CCCCN)C(=O)N[C@@H](C)C(=O)NC(C)(C)C(=O)O. The van der Waals surface area contributed by atoms with Crippen LogP contribution in [0.1, 0.15) is 121 Å². The van der Waals surface area contributed by atoms with Crippen molar-refractivity contribution in [3.05, 3.63) is 0 Å². The number of carbonyl (C=O) groups is 9. The highest BCUT2D eigenvalue weighted by Gasteiger charge is 2.35. The summed E-state index contributed by atoms with van der Waals surface area (Å²) >= 11 is 0. The van der Waals surface area contributed by atoms with Crippen molar-refractivity contribution in [3.8, 4) is 0 Å². The number of hydrogen-bond donors (Lipinski definition) is 10. The minimum Gasteiger partial charge on any atom is -0.481 e. The van der Waals surface area contributed by atoms with E-state index in [0.29, 0.717) is 19.4 Å². The fourth-order valence-electron chi connectivity index (χ4n) is 5.22. The van der Waals surface area contributed by atoms with Crippen molar-refractivity contribution in [2.75, 3.05) is 6.54 Å². The van der Waals surface area contributed by atoms with Crippen molar-refractivity contribution in [2.45, 2.75) is 168 Å². The highest BCUT2D eigenvalue weighted by atomic mass is 16.6. The number of carboxylic acids is 2. The van der Waals surface area contributed by atoms with E-state index in [1.54, 1.807) is 48.5 Å². The third-order valence-electron chi connectivity index (χ3n) is 8.39. The number of nitrogens with one attached hydrogen (secondary N) is 7. The number of rotatable bonds is 25. The quantitative estimate of drug-likeness (QED) is 0.0559. The molecule has 11 N–H and O–H groups in total. The lowest BCUT2D eigenvalue weighted by molar-refractivity contribution is -0.146. The van der Waals surface area contributed by atoms with Crippen molar-refractivity contribution in [1.82, 2.24) is 37.2 Å². The van der Waals surface area contributed by atoms with Gasteiger partial charge in [0.15, 0.2) is 0 Å². The largest absolute Gasteiger partial charge is 0.481 e. The van der Waals surface area contributed by atoms with E-state index in [-0.39, 0.29) is 37.5 Å². The summed E-state index contributed by atoms with van der Waals surface area (Å²) in [5.41, 5.74) is 3.17. The zero-order valence-electron chi connectivity index (χ0n) is 35.8. The first-order valence-corrected chi connectivity index (χ1v) is 19.6. The normalized spacial score (nSPS) is 14.7. The summed E-state index contributed by atoms with van der Waals surface area (Å²) in [7, 11) is 0. The zero-order valence-corrected chi connectivity index (χ0v) is 35.8. The average molecular weight is 829 g/mol. The standard InChI is InChI=1S/C38H68N8O12/c1-20(2)18-26(33(53)43-24(14-12-13-17-39)31(51)40-23(6)30(50)46-38(10,11)35(55)56)45-34(54)27(19-21(3)4)44-32(52)25(15-16-28(47)48)42-29(49)22(5)41-36(57)58-37(7,8)9/h20-27H,12-19,39H2,1-11H3,(H,40,51)(H,41,57)(H,42,49)(H,43,53)(H,44,52)(H,45,54)(H,46,50)(H,47,48)(H,55,56)/t22-,23-,24-,25-,26-,27-/m0/s1. The van der Waals surface area contributed by atoms with Gasteiger partial charge in [0.25, 0.3) is 0 Å². The number of amides is 7. The average Bonchev–Trinajstić information content (AvgIpc) is 3.06. The molecule has 332 valence electrons. The Morgan fingerprint density at radius 2 is 0.966 bits per heavy atom. The van der Waals surface area contributed by atoms with Crippen molar-refractivity contribution in [1.29, 1.82) is 0 Å². The molecule has 0 aromatic rings. The van der Waals surface area contributed by atoms with E-state index in [0.717, 1.165) is 0 Å². The Morgan fingerprint density at radius 3 is 1.40 bits per heavy atom. The molecule has 0 rings (SSSR count). The van der Waals surface area contributed by atoms with E-state index >= 15 is 0 Å². The minimum absolute atomic E-state index is 0.0759. The molecule has 0 spiro atoms.